The van der Waals surface area contributed by atoms with E-state index in [4.69, 9.17) is 0 Å². The summed E-state index contributed by atoms with van der Waals surface area (Å²) in [6.07, 6.45) is 0. The molecule has 1 aliphatic rings. The second-order valence-corrected chi connectivity index (χ2v) is 5.77. The minimum atomic E-state index is -0.419. The molecule has 5 nitrogen and oxygen atoms in total. The topological polar surface area (TPSA) is 52.7 Å². The molecule has 1 fully saturated rings. The van der Waals surface area contributed by atoms with Crippen LogP contribution < -0.4 is 5.32 Å². The van der Waals surface area contributed by atoms with Crippen LogP contribution in [0.15, 0.2) is 22.7 Å². The highest BCUT2D eigenvalue weighted by atomic mass is 79.9. The van der Waals surface area contributed by atoms with Crippen molar-refractivity contribution in [1.82, 2.24) is 15.1 Å². The van der Waals surface area contributed by atoms with Gasteiger partial charge >= 0.3 is 0 Å². The number of hydrogen-bond donors (Lipinski definition) is 1. The van der Waals surface area contributed by atoms with Crippen molar-refractivity contribution < 1.29 is 14.0 Å². The van der Waals surface area contributed by atoms with Crippen molar-refractivity contribution in [1.29, 1.82) is 0 Å². The maximum Gasteiger partial charge on any atom is 0.255 e. The van der Waals surface area contributed by atoms with E-state index in [1.807, 2.05) is 0 Å². The first-order chi connectivity index (χ1) is 9.99. The zero-order chi connectivity index (χ0) is 15.4. The van der Waals surface area contributed by atoms with Crippen molar-refractivity contribution in [2.45, 2.75) is 0 Å². The van der Waals surface area contributed by atoms with Crippen LogP contribution in [0.3, 0.4) is 0 Å². The van der Waals surface area contributed by atoms with Crippen molar-refractivity contribution in [3.63, 3.8) is 0 Å². The zero-order valence-electron chi connectivity index (χ0n) is 12.1. The fourth-order valence-electron chi connectivity index (χ4n) is 2.16. The zero-order valence-corrected chi connectivity index (χ0v) is 14.5. The highest BCUT2D eigenvalue weighted by molar-refractivity contribution is 9.10. The van der Waals surface area contributed by atoms with E-state index in [0.717, 1.165) is 13.1 Å². The van der Waals surface area contributed by atoms with Gasteiger partial charge in [-0.3, -0.25) is 9.59 Å². The number of carbonyl (C=O) groups is 2. The Morgan fingerprint density at radius 2 is 2.00 bits per heavy atom. The fraction of sp³-hybridized carbons (Fsp3) is 0.429. The third kappa shape index (κ3) is 4.66. The second kappa shape index (κ2) is 8.45. The molecule has 8 heteroatoms. The van der Waals surface area contributed by atoms with Gasteiger partial charge < -0.3 is 15.1 Å². The van der Waals surface area contributed by atoms with Gasteiger partial charge in [-0.25, -0.2) is 4.39 Å². The van der Waals surface area contributed by atoms with Crippen molar-refractivity contribution in [2.24, 2.45) is 0 Å². The van der Waals surface area contributed by atoms with E-state index in [0.29, 0.717) is 23.1 Å². The van der Waals surface area contributed by atoms with E-state index >= 15 is 0 Å². The molecule has 0 radical (unpaired) electrons. The number of carbonyl (C=O) groups excluding carboxylic acids is 2. The number of likely N-dealkylation sites (N-methyl/N-ethyl adjacent to an activating group) is 1. The molecule has 22 heavy (non-hydrogen) atoms. The molecule has 1 aromatic rings. The lowest BCUT2D eigenvalue weighted by Crippen LogP contribution is -2.49. The lowest BCUT2D eigenvalue weighted by atomic mass is 10.2. The molecule has 0 atom stereocenters. The predicted octanol–water partition coefficient (Wildman–Crippen LogP) is 1.51. The fourth-order valence-corrected chi connectivity index (χ4v) is 2.68. The predicted molar refractivity (Wildman–Crippen MR) is 87.8 cm³/mol. The van der Waals surface area contributed by atoms with E-state index in [9.17, 15) is 14.0 Å². The highest BCUT2D eigenvalue weighted by Crippen LogP contribution is 2.19. The Kier molecular flexibility index (Phi) is 7.25. The van der Waals surface area contributed by atoms with Gasteiger partial charge in [-0.1, -0.05) is 0 Å². The van der Waals surface area contributed by atoms with Gasteiger partial charge in [-0.05, 0) is 34.1 Å². The molecule has 0 aliphatic carbocycles. The molecule has 0 bridgehead atoms. The number of hydrogen-bond acceptors (Lipinski definition) is 3. The summed E-state index contributed by atoms with van der Waals surface area (Å²) in [5, 5.41) is 3.17. The maximum absolute atomic E-state index is 13.0. The quantitative estimate of drug-likeness (QED) is 0.846. The van der Waals surface area contributed by atoms with Crippen LogP contribution in [-0.2, 0) is 4.79 Å². The van der Waals surface area contributed by atoms with E-state index in [2.05, 4.69) is 21.2 Å². The van der Waals surface area contributed by atoms with Gasteiger partial charge in [0.1, 0.15) is 5.82 Å². The maximum atomic E-state index is 13.0. The lowest BCUT2D eigenvalue weighted by molar-refractivity contribution is -0.132. The number of halogens is 3. The van der Waals surface area contributed by atoms with Crippen LogP contribution >= 0.6 is 28.3 Å². The van der Waals surface area contributed by atoms with Crippen molar-refractivity contribution in [3.05, 3.63) is 34.1 Å². The first-order valence-corrected chi connectivity index (χ1v) is 7.47. The Labute approximate surface area is 143 Å². The van der Waals surface area contributed by atoms with Crippen LogP contribution in [0.25, 0.3) is 0 Å². The van der Waals surface area contributed by atoms with Crippen LogP contribution in [0.2, 0.25) is 0 Å². The summed E-state index contributed by atoms with van der Waals surface area (Å²) in [5.41, 5.74) is 0.340. The van der Waals surface area contributed by atoms with Gasteiger partial charge in [0.2, 0.25) is 5.91 Å². The molecule has 1 N–H and O–H groups in total. The molecule has 2 amide bonds. The molecular weight excluding hydrogens is 377 g/mol. The summed E-state index contributed by atoms with van der Waals surface area (Å²) in [7, 11) is 1.57. The lowest BCUT2D eigenvalue weighted by Gasteiger charge is -2.29. The summed E-state index contributed by atoms with van der Waals surface area (Å²) in [5.74, 6) is -0.811. The molecule has 1 heterocycles. The largest absolute Gasteiger partial charge is 0.339 e. The van der Waals surface area contributed by atoms with Gasteiger partial charge in [0.15, 0.2) is 0 Å². The van der Waals surface area contributed by atoms with Crippen LogP contribution in [0.1, 0.15) is 10.4 Å². The summed E-state index contributed by atoms with van der Waals surface area (Å²) >= 11 is 3.17. The van der Waals surface area contributed by atoms with Crippen LogP contribution in [0.5, 0.6) is 0 Å². The Bertz CT molecular complexity index is 553. The second-order valence-electron chi connectivity index (χ2n) is 4.92. The number of amides is 2. The van der Waals surface area contributed by atoms with Crippen molar-refractivity contribution in [3.8, 4) is 0 Å². The van der Waals surface area contributed by atoms with E-state index < -0.39 is 5.82 Å². The normalized spacial score (nSPS) is 14.2. The summed E-state index contributed by atoms with van der Waals surface area (Å²) in [6.45, 7) is 2.87. The molecular formula is C14H18BrClFN3O2. The van der Waals surface area contributed by atoms with Crippen LogP contribution in [0.4, 0.5) is 4.39 Å². The van der Waals surface area contributed by atoms with E-state index in [-0.39, 0.29) is 30.8 Å². The van der Waals surface area contributed by atoms with Gasteiger partial charge in [0, 0.05) is 37.7 Å². The molecule has 1 aromatic carbocycles. The first-order valence-electron chi connectivity index (χ1n) is 6.68. The minimum Gasteiger partial charge on any atom is -0.339 e. The number of rotatable bonds is 3. The van der Waals surface area contributed by atoms with Crippen LogP contribution in [-0.4, -0.2) is 61.4 Å². The molecule has 0 aromatic heterocycles. The number of nitrogens with one attached hydrogen (secondary N) is 1. The SMILES string of the molecule is CN(CC(=O)N1CCNCC1)C(=O)c1ccc(F)cc1Br.Cl. The van der Waals surface area contributed by atoms with Gasteiger partial charge in [0.25, 0.3) is 5.91 Å². The average molecular weight is 395 g/mol. The molecule has 1 saturated heterocycles. The molecule has 1 aliphatic heterocycles. The van der Waals surface area contributed by atoms with Gasteiger partial charge in [0.05, 0.1) is 12.1 Å². The summed E-state index contributed by atoms with van der Waals surface area (Å²) in [4.78, 5) is 27.5. The number of piperazine rings is 1. The highest BCUT2D eigenvalue weighted by Gasteiger charge is 2.21. The Hall–Kier alpha value is -1.18. The van der Waals surface area contributed by atoms with E-state index in [1.54, 1.807) is 11.9 Å². The number of nitrogens with zero attached hydrogens (tertiary/aromatic N) is 2. The Balaban J connectivity index is 0.00000242. The minimum absolute atomic E-state index is 0. The van der Waals surface area contributed by atoms with Crippen LogP contribution in [0, 0.1) is 5.82 Å². The van der Waals surface area contributed by atoms with Gasteiger partial charge in [-0.15, -0.1) is 12.4 Å². The molecule has 0 saturated carbocycles. The van der Waals surface area contributed by atoms with Gasteiger partial charge in [-0.2, -0.15) is 0 Å². The third-order valence-corrected chi connectivity index (χ3v) is 4.01. The smallest absolute Gasteiger partial charge is 0.255 e. The molecule has 0 spiro atoms. The van der Waals surface area contributed by atoms with Crippen molar-refractivity contribution >= 4 is 40.2 Å². The average Bonchev–Trinajstić information content (AvgIpc) is 2.47. The third-order valence-electron chi connectivity index (χ3n) is 3.35. The Morgan fingerprint density at radius 3 is 2.59 bits per heavy atom. The molecule has 122 valence electrons. The summed E-state index contributed by atoms with van der Waals surface area (Å²) in [6, 6.07) is 3.87. The first kappa shape index (κ1) is 18.9. The van der Waals surface area contributed by atoms with E-state index in [1.165, 1.54) is 23.1 Å². The standard InChI is InChI=1S/C14H17BrFN3O2.ClH/c1-18(9-13(20)19-6-4-17-5-7-19)14(21)11-3-2-10(16)8-12(11)15;/h2-3,8,17H,4-7,9H2,1H3;1H. The summed E-state index contributed by atoms with van der Waals surface area (Å²) < 4.78 is 13.4. The van der Waals surface area contributed by atoms with Crippen molar-refractivity contribution in [2.75, 3.05) is 39.8 Å². The monoisotopic (exact) mass is 393 g/mol. The molecule has 0 unspecified atom stereocenters. The molecule has 2 rings (SSSR count). The Morgan fingerprint density at radius 1 is 1.36 bits per heavy atom. The number of benzene rings is 1.